The maximum absolute atomic E-state index is 12.4. The Labute approximate surface area is 149 Å². The molecule has 26 heavy (non-hydrogen) atoms. The van der Waals surface area contributed by atoms with Gasteiger partial charge in [-0.25, -0.2) is 14.4 Å². The Kier molecular flexibility index (Phi) is 5.08. The topological polar surface area (TPSA) is 94.6 Å². The maximum Gasteiger partial charge on any atom is 0.414 e. The lowest BCUT2D eigenvalue weighted by molar-refractivity contribution is -0.140. The van der Waals surface area contributed by atoms with E-state index in [1.165, 1.54) is 24.0 Å². The van der Waals surface area contributed by atoms with Crippen LogP contribution in [-0.2, 0) is 28.5 Å². The lowest BCUT2D eigenvalue weighted by Gasteiger charge is -2.33. The average Bonchev–Trinajstić information content (AvgIpc) is 3.11. The van der Waals surface area contributed by atoms with Gasteiger partial charge in [0.25, 0.3) is 0 Å². The van der Waals surface area contributed by atoms with Gasteiger partial charge in [0.1, 0.15) is 19.0 Å². The summed E-state index contributed by atoms with van der Waals surface area (Å²) in [4.78, 5) is 39.4. The highest BCUT2D eigenvalue weighted by molar-refractivity contribution is 6.05. The van der Waals surface area contributed by atoms with Crippen LogP contribution in [0.15, 0.2) is 35.5 Å². The number of esters is 2. The molecule has 1 aromatic carbocycles. The van der Waals surface area contributed by atoms with Crippen LogP contribution in [0.1, 0.15) is 0 Å². The molecule has 0 radical (unpaired) electrons. The van der Waals surface area contributed by atoms with Crippen molar-refractivity contribution in [2.45, 2.75) is 0 Å². The summed E-state index contributed by atoms with van der Waals surface area (Å²) >= 11 is 0. The molecule has 2 aliphatic heterocycles. The second kappa shape index (κ2) is 7.44. The number of carbonyl (C=O) groups excluding carboxylic acids is 3. The predicted octanol–water partition coefficient (Wildman–Crippen LogP) is 1.04. The first-order valence-electron chi connectivity index (χ1n) is 7.87. The Bertz CT molecular complexity index is 774. The van der Waals surface area contributed by atoms with Gasteiger partial charge in [0.15, 0.2) is 0 Å². The molecule has 0 bridgehead atoms. The van der Waals surface area contributed by atoms with Crippen molar-refractivity contribution in [2.24, 2.45) is 0 Å². The summed E-state index contributed by atoms with van der Waals surface area (Å²) in [5.74, 6) is -1.39. The van der Waals surface area contributed by atoms with Gasteiger partial charge in [-0.15, -0.1) is 0 Å². The number of rotatable bonds is 4. The van der Waals surface area contributed by atoms with Crippen molar-refractivity contribution >= 4 is 29.4 Å². The van der Waals surface area contributed by atoms with Gasteiger partial charge in [-0.3, -0.25) is 4.90 Å². The first kappa shape index (κ1) is 17.7. The van der Waals surface area contributed by atoms with E-state index in [0.29, 0.717) is 17.9 Å². The molecule has 0 unspecified atom stereocenters. The van der Waals surface area contributed by atoms with Crippen molar-refractivity contribution in [3.8, 4) is 0 Å². The summed E-state index contributed by atoms with van der Waals surface area (Å²) < 4.78 is 20.1. The fourth-order valence-corrected chi connectivity index (χ4v) is 2.87. The van der Waals surface area contributed by atoms with Crippen LogP contribution >= 0.6 is 0 Å². The first-order chi connectivity index (χ1) is 12.6. The Morgan fingerprint density at radius 1 is 1.04 bits per heavy atom. The van der Waals surface area contributed by atoms with E-state index in [4.69, 9.17) is 18.9 Å². The number of cyclic esters (lactones) is 1. The summed E-state index contributed by atoms with van der Waals surface area (Å²) in [6.07, 6.45) is -0.479. The third kappa shape index (κ3) is 3.08. The summed E-state index contributed by atoms with van der Waals surface area (Å²) in [6, 6.07) is 6.95. The van der Waals surface area contributed by atoms with Crippen LogP contribution in [0.3, 0.4) is 0 Å². The van der Waals surface area contributed by atoms with Gasteiger partial charge in [-0.1, -0.05) is 12.1 Å². The third-order valence-corrected chi connectivity index (χ3v) is 4.06. The minimum Gasteiger partial charge on any atom is -0.466 e. The van der Waals surface area contributed by atoms with E-state index in [2.05, 4.69) is 0 Å². The van der Waals surface area contributed by atoms with Gasteiger partial charge in [0, 0.05) is 0 Å². The Hall–Kier alpha value is -3.07. The summed E-state index contributed by atoms with van der Waals surface area (Å²) in [6.45, 7) is 0.578. The molecule has 1 aromatic rings. The van der Waals surface area contributed by atoms with Crippen molar-refractivity contribution in [1.29, 1.82) is 0 Å². The number of hydrogen-bond acceptors (Lipinski definition) is 8. The van der Waals surface area contributed by atoms with Crippen LogP contribution in [-0.4, -0.2) is 58.7 Å². The van der Waals surface area contributed by atoms with Gasteiger partial charge in [-0.2, -0.15) is 0 Å². The van der Waals surface area contributed by atoms with Crippen LogP contribution in [0.2, 0.25) is 0 Å². The van der Waals surface area contributed by atoms with Crippen molar-refractivity contribution in [2.75, 3.05) is 50.5 Å². The zero-order chi connectivity index (χ0) is 18.7. The highest BCUT2D eigenvalue weighted by Crippen LogP contribution is 2.35. The number of anilines is 2. The van der Waals surface area contributed by atoms with Gasteiger partial charge < -0.3 is 23.8 Å². The van der Waals surface area contributed by atoms with E-state index in [-0.39, 0.29) is 31.2 Å². The number of para-hydroxylation sites is 2. The second-order valence-corrected chi connectivity index (χ2v) is 5.47. The molecule has 0 N–H and O–H groups in total. The number of hydrogen-bond donors (Lipinski definition) is 0. The average molecular weight is 362 g/mol. The molecular weight excluding hydrogens is 344 g/mol. The molecule has 0 spiro atoms. The highest BCUT2D eigenvalue weighted by atomic mass is 16.6. The SMILES string of the molecule is COC(=O)C1=C(C(=O)OC)N(c2ccccc2N2CCOC2=O)COC1. The van der Waals surface area contributed by atoms with E-state index in [1.807, 2.05) is 0 Å². The van der Waals surface area contributed by atoms with Gasteiger partial charge in [0.05, 0.1) is 44.3 Å². The molecular formula is C17H18N2O7. The molecule has 3 rings (SSSR count). The van der Waals surface area contributed by atoms with E-state index in [9.17, 15) is 14.4 Å². The zero-order valence-electron chi connectivity index (χ0n) is 14.4. The maximum atomic E-state index is 12.4. The number of benzene rings is 1. The normalized spacial score (nSPS) is 17.2. The predicted molar refractivity (Wildman–Crippen MR) is 89.5 cm³/mol. The van der Waals surface area contributed by atoms with E-state index in [0.717, 1.165) is 0 Å². The summed E-state index contributed by atoms with van der Waals surface area (Å²) in [7, 11) is 2.44. The molecule has 0 aliphatic carbocycles. The molecule has 2 heterocycles. The Morgan fingerprint density at radius 3 is 2.27 bits per heavy atom. The molecule has 0 atom stereocenters. The lowest BCUT2D eigenvalue weighted by Crippen LogP contribution is -2.39. The summed E-state index contributed by atoms with van der Waals surface area (Å²) in [5, 5.41) is 0. The van der Waals surface area contributed by atoms with Crippen LogP contribution in [0, 0.1) is 0 Å². The van der Waals surface area contributed by atoms with E-state index >= 15 is 0 Å². The van der Waals surface area contributed by atoms with Crippen LogP contribution < -0.4 is 9.80 Å². The Balaban J connectivity index is 2.11. The number of carbonyl (C=O) groups is 3. The number of ether oxygens (including phenoxy) is 4. The fraction of sp³-hybridized carbons (Fsp3) is 0.353. The quantitative estimate of drug-likeness (QED) is 0.579. The van der Waals surface area contributed by atoms with Crippen molar-refractivity contribution < 1.29 is 33.3 Å². The van der Waals surface area contributed by atoms with Gasteiger partial charge >= 0.3 is 18.0 Å². The van der Waals surface area contributed by atoms with Crippen molar-refractivity contribution in [3.63, 3.8) is 0 Å². The van der Waals surface area contributed by atoms with Crippen LogP contribution in [0.4, 0.5) is 16.2 Å². The standard InChI is InChI=1S/C17H18N2O7/c1-23-15(20)11-9-25-10-19(14(11)16(21)24-2)13-6-4-3-5-12(13)18-7-8-26-17(18)22/h3-6H,7-10H2,1-2H3. The Morgan fingerprint density at radius 2 is 1.69 bits per heavy atom. The molecule has 0 aromatic heterocycles. The molecule has 0 saturated carbocycles. The largest absolute Gasteiger partial charge is 0.466 e. The highest BCUT2D eigenvalue weighted by Gasteiger charge is 2.35. The van der Waals surface area contributed by atoms with E-state index < -0.39 is 18.0 Å². The monoisotopic (exact) mass is 362 g/mol. The number of methoxy groups -OCH3 is 2. The molecule has 9 nitrogen and oxygen atoms in total. The molecule has 1 saturated heterocycles. The zero-order valence-corrected chi connectivity index (χ0v) is 14.4. The van der Waals surface area contributed by atoms with Crippen LogP contribution in [0.5, 0.6) is 0 Å². The van der Waals surface area contributed by atoms with E-state index in [1.54, 1.807) is 24.3 Å². The van der Waals surface area contributed by atoms with Crippen molar-refractivity contribution in [1.82, 2.24) is 0 Å². The lowest BCUT2D eigenvalue weighted by atomic mass is 10.1. The second-order valence-electron chi connectivity index (χ2n) is 5.47. The first-order valence-corrected chi connectivity index (χ1v) is 7.87. The van der Waals surface area contributed by atoms with Gasteiger partial charge in [-0.05, 0) is 12.1 Å². The fourth-order valence-electron chi connectivity index (χ4n) is 2.87. The molecule has 1 amide bonds. The summed E-state index contributed by atoms with van der Waals surface area (Å²) in [5.41, 5.74) is 1.11. The molecule has 9 heteroatoms. The van der Waals surface area contributed by atoms with Crippen LogP contribution in [0.25, 0.3) is 0 Å². The molecule has 138 valence electrons. The smallest absolute Gasteiger partial charge is 0.414 e. The minimum absolute atomic E-state index is 0.00479. The number of amides is 1. The van der Waals surface area contributed by atoms with Crippen molar-refractivity contribution in [3.05, 3.63) is 35.5 Å². The minimum atomic E-state index is -0.701. The van der Waals surface area contributed by atoms with Gasteiger partial charge in [0.2, 0.25) is 0 Å². The third-order valence-electron chi connectivity index (χ3n) is 4.06. The molecule has 2 aliphatic rings. The molecule has 1 fully saturated rings. The number of nitrogens with zero attached hydrogens (tertiary/aromatic N) is 2.